The maximum absolute atomic E-state index is 13.3. The monoisotopic (exact) mass is 393 g/mol. The van der Waals surface area contributed by atoms with E-state index in [1.54, 1.807) is 17.7 Å². The van der Waals surface area contributed by atoms with Crippen LogP contribution in [0.5, 0.6) is 0 Å². The molecule has 3 unspecified atom stereocenters. The number of rotatable bonds is 2. The van der Waals surface area contributed by atoms with Crippen LogP contribution in [0.1, 0.15) is 32.1 Å². The molecule has 5 rings (SSSR count). The number of carbonyl (C=O) groups excluding carboxylic acids is 1. The second-order valence-electron chi connectivity index (χ2n) is 7.40. The van der Waals surface area contributed by atoms with Crippen LogP contribution in [-0.4, -0.2) is 58.5 Å². The van der Waals surface area contributed by atoms with Crippen molar-refractivity contribution in [2.75, 3.05) is 24.5 Å². The van der Waals surface area contributed by atoms with E-state index in [0.717, 1.165) is 54.9 Å². The fourth-order valence-electron chi connectivity index (χ4n) is 4.64. The van der Waals surface area contributed by atoms with Crippen LogP contribution >= 0.6 is 23.7 Å². The molecule has 1 N–H and O–H groups in total. The quantitative estimate of drug-likeness (QED) is 0.849. The van der Waals surface area contributed by atoms with Crippen molar-refractivity contribution in [1.82, 2.24) is 20.2 Å². The second kappa shape index (κ2) is 7.29. The summed E-state index contributed by atoms with van der Waals surface area (Å²) in [6.45, 7) is 2.64. The Morgan fingerprint density at radius 3 is 2.96 bits per heavy atom. The van der Waals surface area contributed by atoms with Crippen LogP contribution < -0.4 is 10.2 Å². The van der Waals surface area contributed by atoms with Crippen LogP contribution in [0.4, 0.5) is 5.82 Å². The summed E-state index contributed by atoms with van der Waals surface area (Å²) in [5, 5.41) is 6.79. The summed E-state index contributed by atoms with van der Waals surface area (Å²) >= 11 is 1.63. The van der Waals surface area contributed by atoms with Gasteiger partial charge in [0, 0.05) is 31.7 Å². The van der Waals surface area contributed by atoms with E-state index in [4.69, 9.17) is 0 Å². The van der Waals surface area contributed by atoms with Gasteiger partial charge in [0.05, 0.1) is 5.39 Å². The normalized spacial score (nSPS) is 28.2. The van der Waals surface area contributed by atoms with Gasteiger partial charge in [-0.15, -0.1) is 23.7 Å². The minimum atomic E-state index is -0.0744. The molecular weight excluding hydrogens is 370 g/mol. The summed E-state index contributed by atoms with van der Waals surface area (Å²) in [6, 6.07) is 3.09. The first-order valence-corrected chi connectivity index (χ1v) is 10.2. The number of thiophene rings is 1. The van der Waals surface area contributed by atoms with Crippen molar-refractivity contribution < 1.29 is 4.79 Å². The maximum atomic E-state index is 13.3. The Hall–Kier alpha value is -1.44. The van der Waals surface area contributed by atoms with Gasteiger partial charge in [-0.1, -0.05) is 0 Å². The third-order valence-electron chi connectivity index (χ3n) is 5.89. The molecule has 3 saturated heterocycles. The van der Waals surface area contributed by atoms with Crippen molar-refractivity contribution in [2.45, 2.75) is 50.2 Å². The summed E-state index contributed by atoms with van der Waals surface area (Å²) in [6.07, 6.45) is 7.14. The number of amides is 1. The Balaban J connectivity index is 0.00000168. The lowest BCUT2D eigenvalue weighted by Crippen LogP contribution is -2.48. The van der Waals surface area contributed by atoms with E-state index in [2.05, 4.69) is 31.2 Å². The van der Waals surface area contributed by atoms with Gasteiger partial charge < -0.3 is 15.1 Å². The standard InChI is InChI=1S/C18H23N5OS.ClH/c24-18(22-8-5-12-3-4-13(10-22)21-12)15-2-1-7-23(15)16-14-6-9-25-17(14)20-11-19-16;/h6,9,11-13,15,21H,1-5,7-8,10H2;1H. The number of hydrogen-bond donors (Lipinski definition) is 1. The number of hydrogen-bond acceptors (Lipinski definition) is 6. The molecule has 8 heteroatoms. The molecule has 2 aromatic heterocycles. The fraction of sp³-hybridized carbons (Fsp3) is 0.611. The molecule has 1 amide bonds. The number of anilines is 1. The summed E-state index contributed by atoms with van der Waals surface area (Å²) < 4.78 is 0. The van der Waals surface area contributed by atoms with Gasteiger partial charge in [0.1, 0.15) is 23.0 Å². The third kappa shape index (κ3) is 3.06. The van der Waals surface area contributed by atoms with Crippen molar-refractivity contribution in [3.05, 3.63) is 17.8 Å². The molecule has 2 aromatic rings. The van der Waals surface area contributed by atoms with Gasteiger partial charge in [-0.25, -0.2) is 9.97 Å². The average molecular weight is 394 g/mol. The molecule has 26 heavy (non-hydrogen) atoms. The Morgan fingerprint density at radius 1 is 1.15 bits per heavy atom. The zero-order valence-corrected chi connectivity index (χ0v) is 16.3. The molecule has 3 fully saturated rings. The predicted octanol–water partition coefficient (Wildman–Crippen LogP) is 2.43. The Labute approximate surface area is 163 Å². The lowest BCUT2D eigenvalue weighted by molar-refractivity contribution is -0.132. The molecule has 2 bridgehead atoms. The van der Waals surface area contributed by atoms with E-state index in [1.165, 1.54) is 12.8 Å². The molecule has 0 radical (unpaired) electrons. The molecule has 5 heterocycles. The smallest absolute Gasteiger partial charge is 0.245 e. The fourth-order valence-corrected chi connectivity index (χ4v) is 5.36. The summed E-state index contributed by atoms with van der Waals surface area (Å²) in [5.74, 6) is 1.21. The molecule has 140 valence electrons. The number of halogens is 1. The van der Waals surface area contributed by atoms with Crippen molar-refractivity contribution in [3.8, 4) is 0 Å². The zero-order chi connectivity index (χ0) is 16.8. The maximum Gasteiger partial charge on any atom is 0.245 e. The highest BCUT2D eigenvalue weighted by molar-refractivity contribution is 7.16. The van der Waals surface area contributed by atoms with Gasteiger partial charge in [-0.2, -0.15) is 0 Å². The van der Waals surface area contributed by atoms with Gasteiger partial charge in [-0.05, 0) is 43.6 Å². The van der Waals surface area contributed by atoms with Gasteiger partial charge in [-0.3, -0.25) is 4.79 Å². The molecule has 0 aromatic carbocycles. The first kappa shape index (κ1) is 17.9. The van der Waals surface area contributed by atoms with Crippen LogP contribution in [0, 0.1) is 0 Å². The molecule has 3 aliphatic rings. The minimum Gasteiger partial charge on any atom is -0.344 e. The van der Waals surface area contributed by atoms with Gasteiger partial charge >= 0.3 is 0 Å². The summed E-state index contributed by atoms with van der Waals surface area (Å²) in [5.41, 5.74) is 0. The van der Waals surface area contributed by atoms with E-state index < -0.39 is 0 Å². The highest BCUT2D eigenvalue weighted by Gasteiger charge is 2.38. The van der Waals surface area contributed by atoms with Crippen molar-refractivity contribution in [2.24, 2.45) is 0 Å². The SMILES string of the molecule is Cl.O=C(C1CCCN1c1ncnc2sccc12)N1CCC2CCC(C1)N2. The van der Waals surface area contributed by atoms with E-state index >= 15 is 0 Å². The van der Waals surface area contributed by atoms with Gasteiger partial charge in [0.2, 0.25) is 5.91 Å². The van der Waals surface area contributed by atoms with Crippen LogP contribution in [0.25, 0.3) is 10.2 Å². The van der Waals surface area contributed by atoms with Crippen LogP contribution in [0.3, 0.4) is 0 Å². The Kier molecular flexibility index (Phi) is 5.03. The number of carbonyl (C=O) groups is 1. The Morgan fingerprint density at radius 2 is 2.04 bits per heavy atom. The van der Waals surface area contributed by atoms with Crippen LogP contribution in [0.15, 0.2) is 17.8 Å². The number of nitrogens with one attached hydrogen (secondary N) is 1. The molecule has 0 spiro atoms. The average Bonchev–Trinajstić information content (AvgIpc) is 3.33. The molecule has 0 aliphatic carbocycles. The highest BCUT2D eigenvalue weighted by Crippen LogP contribution is 2.33. The number of aromatic nitrogens is 2. The van der Waals surface area contributed by atoms with Crippen molar-refractivity contribution in [1.29, 1.82) is 0 Å². The largest absolute Gasteiger partial charge is 0.344 e. The third-order valence-corrected chi connectivity index (χ3v) is 6.71. The predicted molar refractivity (Wildman–Crippen MR) is 106 cm³/mol. The number of fused-ring (bicyclic) bond motifs is 3. The number of nitrogens with zero attached hydrogens (tertiary/aromatic N) is 4. The van der Waals surface area contributed by atoms with Crippen molar-refractivity contribution >= 4 is 45.7 Å². The molecule has 6 nitrogen and oxygen atoms in total. The minimum absolute atomic E-state index is 0. The van der Waals surface area contributed by atoms with Crippen LogP contribution in [-0.2, 0) is 4.79 Å². The van der Waals surface area contributed by atoms with Crippen molar-refractivity contribution in [3.63, 3.8) is 0 Å². The molecule has 0 saturated carbocycles. The molecule has 3 aliphatic heterocycles. The first-order valence-electron chi connectivity index (χ1n) is 9.29. The highest BCUT2D eigenvalue weighted by atomic mass is 35.5. The second-order valence-corrected chi connectivity index (χ2v) is 8.29. The van der Waals surface area contributed by atoms with E-state index in [9.17, 15) is 4.79 Å². The lowest BCUT2D eigenvalue weighted by Gasteiger charge is -2.32. The zero-order valence-electron chi connectivity index (χ0n) is 14.6. The Bertz CT molecular complexity index is 799. The summed E-state index contributed by atoms with van der Waals surface area (Å²) in [4.78, 5) is 27.5. The molecule has 3 atom stereocenters. The molecular formula is C18H24ClN5OS. The lowest BCUT2D eigenvalue weighted by atomic mass is 10.1. The first-order chi connectivity index (χ1) is 12.3. The topological polar surface area (TPSA) is 61.4 Å². The number of likely N-dealkylation sites (tertiary alicyclic amines) is 1. The summed E-state index contributed by atoms with van der Waals surface area (Å²) in [7, 11) is 0. The van der Waals surface area contributed by atoms with E-state index in [0.29, 0.717) is 12.1 Å². The van der Waals surface area contributed by atoms with Crippen LogP contribution in [0.2, 0.25) is 0 Å². The van der Waals surface area contributed by atoms with E-state index in [1.807, 2.05) is 5.38 Å². The van der Waals surface area contributed by atoms with E-state index in [-0.39, 0.29) is 24.4 Å². The van der Waals surface area contributed by atoms with Gasteiger partial charge in [0.25, 0.3) is 0 Å². The van der Waals surface area contributed by atoms with Gasteiger partial charge in [0.15, 0.2) is 0 Å².